The van der Waals surface area contributed by atoms with E-state index in [-0.39, 0.29) is 5.91 Å². The van der Waals surface area contributed by atoms with Crippen molar-refractivity contribution in [3.05, 3.63) is 47.5 Å². The zero-order valence-corrected chi connectivity index (χ0v) is 12.3. The quantitative estimate of drug-likeness (QED) is 0.848. The Balaban J connectivity index is 2.30. The Morgan fingerprint density at radius 2 is 1.76 bits per heavy atom. The normalized spacial score (nSPS) is 10.0. The summed E-state index contributed by atoms with van der Waals surface area (Å²) < 4.78 is 10.5. The maximum Gasteiger partial charge on any atom is 0.259 e. The number of nitrogens with two attached hydrogens (primary N) is 1. The fraction of sp³-hybridized carbons (Fsp3) is 0.188. The van der Waals surface area contributed by atoms with Gasteiger partial charge in [0.25, 0.3) is 5.91 Å². The Bertz CT molecular complexity index is 669. The van der Waals surface area contributed by atoms with Crippen molar-refractivity contribution in [3.8, 4) is 11.5 Å². The monoisotopic (exact) mass is 286 g/mol. The molecule has 0 saturated carbocycles. The Morgan fingerprint density at radius 1 is 1.05 bits per heavy atom. The zero-order chi connectivity index (χ0) is 15.4. The number of ether oxygens (including phenoxy) is 2. The van der Waals surface area contributed by atoms with E-state index in [1.165, 1.54) is 7.11 Å². The second kappa shape index (κ2) is 6.17. The lowest BCUT2D eigenvalue weighted by Crippen LogP contribution is -2.14. The first-order chi connectivity index (χ1) is 10.0. The average Bonchev–Trinajstić information content (AvgIpc) is 2.48. The Hall–Kier alpha value is -2.69. The van der Waals surface area contributed by atoms with E-state index in [0.29, 0.717) is 28.4 Å². The van der Waals surface area contributed by atoms with Crippen molar-refractivity contribution < 1.29 is 14.3 Å². The number of carbonyl (C=O) groups excluding carboxylic acids is 1. The highest BCUT2D eigenvalue weighted by Crippen LogP contribution is 2.28. The third kappa shape index (κ3) is 3.25. The average molecular weight is 286 g/mol. The van der Waals surface area contributed by atoms with Crippen LogP contribution in [0, 0.1) is 6.92 Å². The predicted molar refractivity (Wildman–Crippen MR) is 83.1 cm³/mol. The van der Waals surface area contributed by atoms with Crippen molar-refractivity contribution in [1.29, 1.82) is 0 Å². The molecule has 1 amide bonds. The van der Waals surface area contributed by atoms with E-state index in [0.717, 1.165) is 5.56 Å². The molecule has 0 spiro atoms. The van der Waals surface area contributed by atoms with Crippen molar-refractivity contribution >= 4 is 17.3 Å². The van der Waals surface area contributed by atoms with Crippen molar-refractivity contribution in [2.75, 3.05) is 25.3 Å². The van der Waals surface area contributed by atoms with Crippen molar-refractivity contribution in [2.45, 2.75) is 6.92 Å². The number of nitrogens with one attached hydrogen (secondary N) is 1. The summed E-state index contributed by atoms with van der Waals surface area (Å²) in [6.07, 6.45) is 0. The number of benzene rings is 2. The Kier molecular flexibility index (Phi) is 4.33. The van der Waals surface area contributed by atoms with Crippen LogP contribution >= 0.6 is 0 Å². The van der Waals surface area contributed by atoms with Gasteiger partial charge >= 0.3 is 0 Å². The minimum Gasteiger partial charge on any atom is -0.496 e. The van der Waals surface area contributed by atoms with Crippen LogP contribution in [-0.2, 0) is 0 Å². The minimum atomic E-state index is -0.283. The number of aryl methyl sites for hydroxylation is 1. The van der Waals surface area contributed by atoms with E-state index in [9.17, 15) is 4.79 Å². The molecule has 2 aromatic rings. The highest BCUT2D eigenvalue weighted by Gasteiger charge is 2.14. The summed E-state index contributed by atoms with van der Waals surface area (Å²) in [6, 6.07) is 10.5. The first kappa shape index (κ1) is 14.7. The lowest BCUT2D eigenvalue weighted by atomic mass is 10.1. The highest BCUT2D eigenvalue weighted by molar-refractivity contribution is 6.07. The molecule has 5 heteroatoms. The fourth-order valence-corrected chi connectivity index (χ4v) is 1.99. The molecule has 0 atom stereocenters. The zero-order valence-electron chi connectivity index (χ0n) is 12.3. The van der Waals surface area contributed by atoms with Gasteiger partial charge in [0.2, 0.25) is 0 Å². The summed E-state index contributed by atoms with van der Waals surface area (Å²) in [4.78, 5) is 12.4. The molecular weight excluding hydrogens is 268 g/mol. The molecule has 2 aromatic carbocycles. The molecule has 2 rings (SSSR count). The van der Waals surface area contributed by atoms with Crippen molar-refractivity contribution in [2.24, 2.45) is 0 Å². The lowest BCUT2D eigenvalue weighted by Gasteiger charge is -2.13. The van der Waals surface area contributed by atoms with E-state index in [2.05, 4.69) is 5.32 Å². The molecule has 0 aliphatic rings. The van der Waals surface area contributed by atoms with Crippen LogP contribution in [-0.4, -0.2) is 20.1 Å². The molecule has 0 aliphatic carbocycles. The van der Waals surface area contributed by atoms with Crippen LogP contribution in [0.25, 0.3) is 0 Å². The number of hydrogen-bond acceptors (Lipinski definition) is 4. The van der Waals surface area contributed by atoms with Gasteiger partial charge in [0.1, 0.15) is 11.5 Å². The van der Waals surface area contributed by atoms with E-state index in [1.54, 1.807) is 31.4 Å². The van der Waals surface area contributed by atoms with Crippen molar-refractivity contribution in [3.63, 3.8) is 0 Å². The van der Waals surface area contributed by atoms with Crippen LogP contribution < -0.4 is 20.5 Å². The van der Waals surface area contributed by atoms with Gasteiger partial charge in [-0.3, -0.25) is 4.79 Å². The molecule has 0 unspecified atom stereocenters. The topological polar surface area (TPSA) is 73.6 Å². The molecule has 5 nitrogen and oxygen atoms in total. The van der Waals surface area contributed by atoms with Gasteiger partial charge in [-0.1, -0.05) is 6.07 Å². The molecule has 0 bridgehead atoms. The van der Waals surface area contributed by atoms with E-state index >= 15 is 0 Å². The minimum absolute atomic E-state index is 0.283. The molecule has 0 saturated heterocycles. The van der Waals surface area contributed by atoms with Gasteiger partial charge in [-0.2, -0.15) is 0 Å². The van der Waals surface area contributed by atoms with E-state index in [1.807, 2.05) is 19.1 Å². The maximum absolute atomic E-state index is 12.4. The van der Waals surface area contributed by atoms with Gasteiger partial charge in [0.15, 0.2) is 0 Å². The lowest BCUT2D eigenvalue weighted by molar-refractivity contribution is 0.102. The van der Waals surface area contributed by atoms with Gasteiger partial charge in [-0.05, 0) is 36.8 Å². The second-order valence-electron chi connectivity index (χ2n) is 4.62. The Labute approximate surface area is 123 Å². The molecule has 3 N–H and O–H groups in total. The summed E-state index contributed by atoms with van der Waals surface area (Å²) in [5.74, 6) is 0.755. The van der Waals surface area contributed by atoms with Crippen LogP contribution in [0.4, 0.5) is 11.4 Å². The van der Waals surface area contributed by atoms with Crippen molar-refractivity contribution in [1.82, 2.24) is 0 Å². The van der Waals surface area contributed by atoms with Gasteiger partial charge in [-0.15, -0.1) is 0 Å². The molecule has 0 radical (unpaired) electrons. The molecule has 0 heterocycles. The number of anilines is 2. The molecular formula is C16H18N2O3. The first-order valence-electron chi connectivity index (χ1n) is 6.44. The predicted octanol–water partition coefficient (Wildman–Crippen LogP) is 2.85. The van der Waals surface area contributed by atoms with Crippen LogP contribution in [0.3, 0.4) is 0 Å². The number of carbonyl (C=O) groups is 1. The van der Waals surface area contributed by atoms with Gasteiger partial charge < -0.3 is 20.5 Å². The number of hydrogen-bond donors (Lipinski definition) is 2. The third-order valence-corrected chi connectivity index (χ3v) is 3.08. The molecule has 0 fully saturated rings. The third-order valence-electron chi connectivity index (χ3n) is 3.08. The standard InChI is InChI=1S/C16H18N2O3/c1-10-4-7-13(15(8-10)21-3)18-16(19)12-6-5-11(17)9-14(12)20-2/h4-9H,17H2,1-3H3,(H,18,19). The SMILES string of the molecule is COc1cc(C)ccc1NC(=O)c1ccc(N)cc1OC. The summed E-state index contributed by atoms with van der Waals surface area (Å²) >= 11 is 0. The van der Waals surface area contributed by atoms with Crippen LogP contribution in [0.5, 0.6) is 11.5 Å². The highest BCUT2D eigenvalue weighted by atomic mass is 16.5. The van der Waals surface area contributed by atoms with Crippen LogP contribution in [0.1, 0.15) is 15.9 Å². The van der Waals surface area contributed by atoms with Crippen LogP contribution in [0.2, 0.25) is 0 Å². The first-order valence-corrected chi connectivity index (χ1v) is 6.44. The molecule has 0 aliphatic heterocycles. The number of rotatable bonds is 4. The van der Waals surface area contributed by atoms with E-state index < -0.39 is 0 Å². The smallest absolute Gasteiger partial charge is 0.259 e. The van der Waals surface area contributed by atoms with E-state index in [4.69, 9.17) is 15.2 Å². The van der Waals surface area contributed by atoms with Gasteiger partial charge in [0.05, 0.1) is 25.5 Å². The maximum atomic E-state index is 12.4. The van der Waals surface area contributed by atoms with Gasteiger partial charge in [-0.25, -0.2) is 0 Å². The van der Waals surface area contributed by atoms with Gasteiger partial charge in [0, 0.05) is 11.8 Å². The fourth-order valence-electron chi connectivity index (χ4n) is 1.99. The number of amides is 1. The summed E-state index contributed by atoms with van der Waals surface area (Å²) in [5.41, 5.74) is 8.29. The second-order valence-corrected chi connectivity index (χ2v) is 4.62. The summed E-state index contributed by atoms with van der Waals surface area (Å²) in [6.45, 7) is 1.96. The Morgan fingerprint density at radius 3 is 2.43 bits per heavy atom. The molecule has 21 heavy (non-hydrogen) atoms. The summed E-state index contributed by atoms with van der Waals surface area (Å²) in [5, 5.41) is 2.81. The summed E-state index contributed by atoms with van der Waals surface area (Å²) in [7, 11) is 3.06. The number of nitrogen functional groups attached to an aromatic ring is 1. The van der Waals surface area contributed by atoms with Crippen LogP contribution in [0.15, 0.2) is 36.4 Å². The molecule has 110 valence electrons. The number of methoxy groups -OCH3 is 2. The largest absolute Gasteiger partial charge is 0.496 e. The molecule has 0 aromatic heterocycles.